The molecule has 0 aliphatic carbocycles. The molecule has 0 aromatic carbocycles. The molecule has 1 atom stereocenters. The molecule has 17 heavy (non-hydrogen) atoms. The summed E-state index contributed by atoms with van der Waals surface area (Å²) in [5.74, 6) is -2.73. The minimum Gasteiger partial charge on any atom is -0.468 e. The molecule has 0 aromatic rings. The molecule has 0 amide bonds. The molecule has 4 nitrogen and oxygen atoms in total. The fourth-order valence-corrected chi connectivity index (χ4v) is 1.29. The van der Waals surface area contributed by atoms with Gasteiger partial charge in [-0.3, -0.25) is 9.59 Å². The van der Waals surface area contributed by atoms with Crippen LogP contribution in [0.1, 0.15) is 6.92 Å². The van der Waals surface area contributed by atoms with Crippen LogP contribution >= 0.6 is 0 Å². The number of rotatable bonds is 6. The molecular weight excluding hydrogens is 220 g/mol. The Kier molecular flexibility index (Phi) is 7.43. The van der Waals surface area contributed by atoms with Gasteiger partial charge in [0.05, 0.1) is 14.2 Å². The predicted molar refractivity (Wildman–Crippen MR) is 65.2 cm³/mol. The summed E-state index contributed by atoms with van der Waals surface area (Å²) < 4.78 is 9.17. The van der Waals surface area contributed by atoms with E-state index in [9.17, 15) is 9.59 Å². The number of ether oxygens (including phenoxy) is 2. The van der Waals surface area contributed by atoms with Gasteiger partial charge in [0.25, 0.3) is 0 Å². The molecule has 0 bridgehead atoms. The molecule has 0 rings (SSSR count). The molecule has 94 valence electrons. The fourth-order valence-electron chi connectivity index (χ4n) is 1.29. The van der Waals surface area contributed by atoms with Crippen molar-refractivity contribution in [1.29, 1.82) is 0 Å². The summed E-state index contributed by atoms with van der Waals surface area (Å²) >= 11 is 0. The first-order chi connectivity index (χ1) is 8.12. The molecule has 0 aromatic heterocycles. The van der Waals surface area contributed by atoms with Crippen LogP contribution in [-0.2, 0) is 19.1 Å². The van der Waals surface area contributed by atoms with Gasteiger partial charge in [0.1, 0.15) is 0 Å². The number of carbonyl (C=O) groups is 2. The number of hydrogen-bond acceptors (Lipinski definition) is 4. The van der Waals surface area contributed by atoms with E-state index in [4.69, 9.17) is 0 Å². The summed E-state index contributed by atoms with van der Waals surface area (Å²) in [6.45, 7) is 5.47. The first-order valence-corrected chi connectivity index (χ1v) is 5.20. The Morgan fingerprint density at radius 2 is 1.65 bits per heavy atom. The Morgan fingerprint density at radius 3 is 2.00 bits per heavy atom. The lowest BCUT2D eigenvalue weighted by Gasteiger charge is -2.17. The van der Waals surface area contributed by atoms with E-state index >= 15 is 0 Å². The van der Waals surface area contributed by atoms with Gasteiger partial charge in [0.15, 0.2) is 5.92 Å². The second-order valence-corrected chi connectivity index (χ2v) is 3.25. The lowest BCUT2D eigenvalue weighted by Crippen LogP contribution is -2.31. The van der Waals surface area contributed by atoms with E-state index in [1.165, 1.54) is 20.3 Å². The highest BCUT2D eigenvalue weighted by molar-refractivity contribution is 5.95. The van der Waals surface area contributed by atoms with Crippen molar-refractivity contribution in [3.8, 4) is 0 Å². The largest absolute Gasteiger partial charge is 0.468 e. The van der Waals surface area contributed by atoms with Crippen LogP contribution in [0.3, 0.4) is 0 Å². The van der Waals surface area contributed by atoms with Gasteiger partial charge in [-0.05, 0) is 6.92 Å². The topological polar surface area (TPSA) is 52.6 Å². The summed E-state index contributed by atoms with van der Waals surface area (Å²) in [5.41, 5.74) is 0. The maximum absolute atomic E-state index is 11.5. The highest BCUT2D eigenvalue weighted by atomic mass is 16.5. The van der Waals surface area contributed by atoms with Crippen LogP contribution in [0.5, 0.6) is 0 Å². The van der Waals surface area contributed by atoms with Gasteiger partial charge in [-0.15, -0.1) is 6.58 Å². The standard InChI is InChI=1S/C13H18O4/c1-5-7-8-9-10(6-2)11(12(14)16-3)13(15)17-4/h5-11H,2H2,1,3-4H3/b7-5+,9-8+/t10-/m1/s1. The molecule has 0 saturated carbocycles. The van der Waals surface area contributed by atoms with Crippen molar-refractivity contribution in [2.45, 2.75) is 6.92 Å². The summed E-state index contributed by atoms with van der Waals surface area (Å²) in [5, 5.41) is 0. The fraction of sp³-hybridized carbons (Fsp3) is 0.385. The highest BCUT2D eigenvalue weighted by Crippen LogP contribution is 2.18. The number of methoxy groups -OCH3 is 2. The van der Waals surface area contributed by atoms with Gasteiger partial charge in [0, 0.05) is 5.92 Å². The Balaban J connectivity index is 5.04. The van der Waals surface area contributed by atoms with Crippen LogP contribution < -0.4 is 0 Å². The van der Waals surface area contributed by atoms with E-state index in [2.05, 4.69) is 16.1 Å². The monoisotopic (exact) mass is 238 g/mol. The summed E-state index contributed by atoms with van der Waals surface area (Å²) in [7, 11) is 2.46. The molecular formula is C13H18O4. The SMILES string of the molecule is C=C[C@H](/C=C/C=C/C)C(C(=O)OC)C(=O)OC. The molecule has 0 heterocycles. The lowest BCUT2D eigenvalue weighted by atomic mass is 9.92. The number of allylic oxidation sites excluding steroid dienone is 5. The molecule has 0 radical (unpaired) electrons. The van der Waals surface area contributed by atoms with Gasteiger partial charge in [0.2, 0.25) is 0 Å². The predicted octanol–water partition coefficient (Wildman–Crippen LogP) is 1.88. The van der Waals surface area contributed by atoms with E-state index in [1.807, 2.05) is 13.0 Å². The van der Waals surface area contributed by atoms with Crippen molar-refractivity contribution in [2.24, 2.45) is 11.8 Å². The van der Waals surface area contributed by atoms with Crippen LogP contribution in [-0.4, -0.2) is 26.2 Å². The zero-order valence-electron chi connectivity index (χ0n) is 10.4. The van der Waals surface area contributed by atoms with Crippen LogP contribution in [0.2, 0.25) is 0 Å². The number of carbonyl (C=O) groups excluding carboxylic acids is 2. The van der Waals surface area contributed by atoms with Crippen LogP contribution in [0.25, 0.3) is 0 Å². The van der Waals surface area contributed by atoms with Gasteiger partial charge in [-0.2, -0.15) is 0 Å². The van der Waals surface area contributed by atoms with E-state index in [0.29, 0.717) is 0 Å². The molecule has 0 spiro atoms. The Labute approximate surface area is 102 Å². The van der Waals surface area contributed by atoms with Gasteiger partial charge < -0.3 is 9.47 Å². The van der Waals surface area contributed by atoms with E-state index < -0.39 is 23.8 Å². The molecule has 0 aliphatic rings. The quantitative estimate of drug-likeness (QED) is 0.307. The van der Waals surface area contributed by atoms with E-state index in [0.717, 1.165) is 0 Å². The summed E-state index contributed by atoms with van der Waals surface area (Å²) in [6.07, 6.45) is 8.58. The molecule has 0 N–H and O–H groups in total. The maximum Gasteiger partial charge on any atom is 0.320 e. The average Bonchev–Trinajstić information content (AvgIpc) is 2.36. The van der Waals surface area contributed by atoms with Crippen molar-refractivity contribution in [3.05, 3.63) is 37.0 Å². The molecule has 0 unspecified atom stereocenters. The average molecular weight is 238 g/mol. The van der Waals surface area contributed by atoms with Gasteiger partial charge >= 0.3 is 11.9 Å². The van der Waals surface area contributed by atoms with Crippen molar-refractivity contribution < 1.29 is 19.1 Å². The Bertz CT molecular complexity index is 312. The third-order valence-corrected chi connectivity index (χ3v) is 2.20. The van der Waals surface area contributed by atoms with Crippen LogP contribution in [0.15, 0.2) is 37.0 Å². The summed E-state index contributed by atoms with van der Waals surface area (Å²) in [4.78, 5) is 23.0. The van der Waals surface area contributed by atoms with E-state index in [-0.39, 0.29) is 0 Å². The van der Waals surface area contributed by atoms with Crippen LogP contribution in [0, 0.1) is 11.8 Å². The molecule has 0 aliphatic heterocycles. The minimum atomic E-state index is -1.01. The van der Waals surface area contributed by atoms with Crippen molar-refractivity contribution >= 4 is 11.9 Å². The second-order valence-electron chi connectivity index (χ2n) is 3.25. The first kappa shape index (κ1) is 15.2. The summed E-state index contributed by atoms with van der Waals surface area (Å²) in [6, 6.07) is 0. The second kappa shape index (κ2) is 8.33. The van der Waals surface area contributed by atoms with Gasteiger partial charge in [-0.1, -0.05) is 30.4 Å². The molecule has 0 fully saturated rings. The van der Waals surface area contributed by atoms with Crippen molar-refractivity contribution in [1.82, 2.24) is 0 Å². The van der Waals surface area contributed by atoms with Crippen molar-refractivity contribution in [3.63, 3.8) is 0 Å². The van der Waals surface area contributed by atoms with E-state index in [1.54, 1.807) is 18.2 Å². The third kappa shape index (κ3) is 4.68. The third-order valence-electron chi connectivity index (χ3n) is 2.20. The lowest BCUT2D eigenvalue weighted by molar-refractivity contribution is -0.159. The Morgan fingerprint density at radius 1 is 1.12 bits per heavy atom. The number of hydrogen-bond donors (Lipinski definition) is 0. The maximum atomic E-state index is 11.5. The van der Waals surface area contributed by atoms with Gasteiger partial charge in [-0.25, -0.2) is 0 Å². The molecule has 0 saturated heterocycles. The normalized spacial score (nSPS) is 12.9. The first-order valence-electron chi connectivity index (χ1n) is 5.20. The molecule has 4 heteroatoms. The van der Waals surface area contributed by atoms with Crippen molar-refractivity contribution in [2.75, 3.05) is 14.2 Å². The zero-order chi connectivity index (χ0) is 13.3. The Hall–Kier alpha value is -1.84. The highest BCUT2D eigenvalue weighted by Gasteiger charge is 2.33. The van der Waals surface area contributed by atoms with Crippen LogP contribution in [0.4, 0.5) is 0 Å². The zero-order valence-corrected chi connectivity index (χ0v) is 10.4. The minimum absolute atomic E-state index is 0.453. The smallest absolute Gasteiger partial charge is 0.320 e. The number of esters is 2.